The number of carbonyl (C=O) groups excluding carboxylic acids is 5. The molecular formula is C40H25Br2NO7. The van der Waals surface area contributed by atoms with E-state index in [1.807, 2.05) is 48.5 Å². The van der Waals surface area contributed by atoms with Crippen LogP contribution in [0.4, 0.5) is 5.69 Å². The molecule has 0 aromatic heterocycles. The Balaban J connectivity index is 1.000. The van der Waals surface area contributed by atoms with Gasteiger partial charge >= 0.3 is 11.9 Å². The standard InChI is InChI=1S/C40H25Br2NO7/c41-39-28-13-4-5-14-29(28)40(42,31-16-7-6-15-30(31)39)34-33(39)35(45)43(36(34)46)26-12-8-11-25(21-26)37(47)49-22-32(44)23-17-19-27(20-18-23)50-38(48)24-9-2-1-3-10-24/h1-21,33-34H,22H2/t33-,34-,39?,40?/m0/s1. The molecule has 8 nitrogen and oxygen atoms in total. The normalized spacial score (nSPS) is 22.7. The maximum Gasteiger partial charge on any atom is 0.343 e. The minimum absolute atomic E-state index is 0.0746. The van der Waals surface area contributed by atoms with E-state index >= 15 is 0 Å². The SMILES string of the molecule is O=C(COC(=O)c1cccc(N2C(=O)[C@@H]3[C@@H](C2=O)C2(Br)c4ccccc4C3(Br)c3ccccc32)c1)c1ccc(OC(=O)c2ccccc2)cc1. The van der Waals surface area contributed by atoms with Crippen LogP contribution in [0.25, 0.3) is 0 Å². The predicted molar refractivity (Wildman–Crippen MR) is 191 cm³/mol. The molecule has 246 valence electrons. The van der Waals surface area contributed by atoms with E-state index in [4.69, 9.17) is 9.47 Å². The molecule has 10 heteroatoms. The van der Waals surface area contributed by atoms with Crippen LogP contribution in [-0.4, -0.2) is 36.1 Å². The van der Waals surface area contributed by atoms with Crippen molar-refractivity contribution in [3.8, 4) is 5.75 Å². The Morgan fingerprint density at radius 3 is 1.62 bits per heavy atom. The second-order valence-electron chi connectivity index (χ2n) is 12.3. The van der Waals surface area contributed by atoms with E-state index in [0.29, 0.717) is 5.56 Å². The molecule has 0 N–H and O–H groups in total. The van der Waals surface area contributed by atoms with Crippen molar-refractivity contribution >= 4 is 67.1 Å². The number of amides is 2. The van der Waals surface area contributed by atoms with Gasteiger partial charge < -0.3 is 9.47 Å². The summed E-state index contributed by atoms with van der Waals surface area (Å²) < 4.78 is 8.82. The van der Waals surface area contributed by atoms with Crippen LogP contribution in [0, 0.1) is 11.8 Å². The summed E-state index contributed by atoms with van der Waals surface area (Å²) in [6.07, 6.45) is 0. The number of carbonyl (C=O) groups is 5. The number of nitrogens with zero attached hydrogens (tertiary/aromatic N) is 1. The summed E-state index contributed by atoms with van der Waals surface area (Å²) in [5.74, 6) is -3.83. The van der Waals surface area contributed by atoms with Gasteiger partial charge in [-0.3, -0.25) is 14.4 Å². The molecule has 0 unspecified atom stereocenters. The number of hydrogen-bond donors (Lipinski definition) is 0. The van der Waals surface area contributed by atoms with Crippen LogP contribution in [0.15, 0.2) is 127 Å². The molecule has 0 spiro atoms. The highest BCUT2D eigenvalue weighted by molar-refractivity contribution is 9.10. The molecule has 1 saturated heterocycles. The topological polar surface area (TPSA) is 107 Å². The summed E-state index contributed by atoms with van der Waals surface area (Å²) in [7, 11) is 0. The third-order valence-corrected chi connectivity index (χ3v) is 12.4. The smallest absolute Gasteiger partial charge is 0.343 e. The van der Waals surface area contributed by atoms with Crippen LogP contribution in [0.3, 0.4) is 0 Å². The summed E-state index contributed by atoms with van der Waals surface area (Å²) in [4.78, 5) is 68.3. The third kappa shape index (κ3) is 4.73. The quantitative estimate of drug-likeness (QED) is 0.0558. The summed E-state index contributed by atoms with van der Waals surface area (Å²) >= 11 is 7.99. The van der Waals surface area contributed by atoms with Gasteiger partial charge in [0, 0.05) is 5.56 Å². The molecule has 5 aromatic rings. The van der Waals surface area contributed by atoms with Gasteiger partial charge in [0.25, 0.3) is 0 Å². The zero-order valence-electron chi connectivity index (χ0n) is 26.0. The van der Waals surface area contributed by atoms with Gasteiger partial charge in [0.1, 0.15) is 5.75 Å². The van der Waals surface area contributed by atoms with Crippen molar-refractivity contribution in [2.45, 2.75) is 8.65 Å². The minimum Gasteiger partial charge on any atom is -0.454 e. The molecule has 2 amide bonds. The van der Waals surface area contributed by atoms with E-state index in [9.17, 15) is 24.0 Å². The number of ether oxygens (including phenoxy) is 2. The van der Waals surface area contributed by atoms with Crippen LogP contribution in [0.1, 0.15) is 53.3 Å². The number of benzene rings is 5. The van der Waals surface area contributed by atoms with Gasteiger partial charge in [0.15, 0.2) is 12.4 Å². The fourth-order valence-corrected chi connectivity index (χ4v) is 9.74. The molecule has 1 aliphatic heterocycles. The Kier molecular flexibility index (Phi) is 7.69. The number of rotatable bonds is 7. The lowest BCUT2D eigenvalue weighted by Crippen LogP contribution is -2.56. The van der Waals surface area contributed by atoms with Crippen molar-refractivity contribution in [1.82, 2.24) is 0 Å². The maximum absolute atomic E-state index is 14.4. The highest BCUT2D eigenvalue weighted by Gasteiger charge is 2.72. The van der Waals surface area contributed by atoms with E-state index in [0.717, 1.165) is 27.2 Å². The summed E-state index contributed by atoms with van der Waals surface area (Å²) in [6.45, 7) is -0.549. The van der Waals surface area contributed by atoms with Crippen molar-refractivity contribution in [1.29, 1.82) is 0 Å². The lowest BCUT2D eigenvalue weighted by atomic mass is 9.54. The van der Waals surface area contributed by atoms with E-state index in [2.05, 4.69) is 31.9 Å². The molecule has 3 aliphatic carbocycles. The molecule has 1 heterocycles. The minimum atomic E-state index is -0.944. The zero-order chi connectivity index (χ0) is 34.8. The summed E-state index contributed by atoms with van der Waals surface area (Å²) in [6, 6.07) is 36.2. The second kappa shape index (κ2) is 12.0. The predicted octanol–water partition coefficient (Wildman–Crippen LogP) is 7.36. The molecule has 9 rings (SSSR count). The van der Waals surface area contributed by atoms with Gasteiger partial charge in [0.2, 0.25) is 11.8 Å². The van der Waals surface area contributed by atoms with Gasteiger partial charge in [-0.25, -0.2) is 14.5 Å². The number of halogens is 2. The Morgan fingerprint density at radius 2 is 1.08 bits per heavy atom. The Hall–Kier alpha value is -5.19. The molecule has 1 fully saturated rings. The zero-order valence-corrected chi connectivity index (χ0v) is 29.2. The highest BCUT2D eigenvalue weighted by atomic mass is 79.9. The second-order valence-corrected chi connectivity index (χ2v) is 14.8. The number of ketones is 1. The van der Waals surface area contributed by atoms with Gasteiger partial charge in [-0.1, -0.05) is 105 Å². The highest BCUT2D eigenvalue weighted by Crippen LogP contribution is 2.70. The largest absolute Gasteiger partial charge is 0.454 e. The van der Waals surface area contributed by atoms with Crippen LogP contribution < -0.4 is 9.64 Å². The van der Waals surface area contributed by atoms with Crippen molar-refractivity contribution < 1.29 is 33.4 Å². The maximum atomic E-state index is 14.4. The van der Waals surface area contributed by atoms with E-state index in [1.165, 1.54) is 36.4 Å². The number of anilines is 1. The van der Waals surface area contributed by atoms with Crippen molar-refractivity contribution in [3.63, 3.8) is 0 Å². The fourth-order valence-electron chi connectivity index (χ4n) is 7.44. The molecule has 2 atom stereocenters. The van der Waals surface area contributed by atoms with Crippen molar-refractivity contribution in [2.75, 3.05) is 11.5 Å². The first-order chi connectivity index (χ1) is 24.1. The molecule has 2 bridgehead atoms. The molecule has 0 radical (unpaired) electrons. The molecule has 4 aliphatic rings. The number of esters is 2. The summed E-state index contributed by atoms with van der Waals surface area (Å²) in [5.41, 5.74) is 4.64. The first-order valence-electron chi connectivity index (χ1n) is 15.8. The number of Topliss-reactive ketones (excluding diaryl/α,β-unsaturated/α-hetero) is 1. The Morgan fingerprint density at radius 1 is 0.580 bits per heavy atom. The van der Waals surface area contributed by atoms with Crippen LogP contribution >= 0.6 is 31.9 Å². The van der Waals surface area contributed by atoms with E-state index < -0.39 is 44.8 Å². The summed E-state index contributed by atoms with van der Waals surface area (Å²) in [5, 5.41) is 0. The average molecular weight is 791 g/mol. The van der Waals surface area contributed by atoms with Crippen LogP contribution in [0.5, 0.6) is 5.75 Å². The fraction of sp³-hybridized carbons (Fsp3) is 0.125. The first-order valence-corrected chi connectivity index (χ1v) is 17.4. The molecule has 50 heavy (non-hydrogen) atoms. The lowest BCUT2D eigenvalue weighted by Gasteiger charge is -2.55. The molecule has 0 saturated carbocycles. The lowest BCUT2D eigenvalue weighted by molar-refractivity contribution is -0.122. The number of imide groups is 1. The first kappa shape index (κ1) is 32.0. The van der Waals surface area contributed by atoms with E-state index in [-0.39, 0.29) is 34.4 Å². The van der Waals surface area contributed by atoms with Crippen molar-refractivity contribution in [3.05, 3.63) is 166 Å². The van der Waals surface area contributed by atoms with Crippen molar-refractivity contribution in [2.24, 2.45) is 11.8 Å². The molecular weight excluding hydrogens is 766 g/mol. The van der Waals surface area contributed by atoms with E-state index in [1.54, 1.807) is 42.5 Å². The van der Waals surface area contributed by atoms with Gasteiger partial charge in [-0.15, -0.1) is 0 Å². The monoisotopic (exact) mass is 789 g/mol. The number of alkyl halides is 2. The Bertz CT molecular complexity index is 2130. The van der Waals surface area contributed by atoms with Gasteiger partial charge in [-0.05, 0) is 76.9 Å². The van der Waals surface area contributed by atoms with Gasteiger partial charge in [-0.2, -0.15) is 0 Å². The third-order valence-electron chi connectivity index (χ3n) is 9.66. The van der Waals surface area contributed by atoms with Crippen LogP contribution in [-0.2, 0) is 23.0 Å². The number of hydrogen-bond acceptors (Lipinski definition) is 7. The Labute approximate surface area is 303 Å². The molecule has 5 aromatic carbocycles. The van der Waals surface area contributed by atoms with Gasteiger partial charge in [0.05, 0.1) is 37.3 Å². The average Bonchev–Trinajstić information content (AvgIpc) is 3.43. The van der Waals surface area contributed by atoms with Crippen LogP contribution in [0.2, 0.25) is 0 Å².